The van der Waals surface area contributed by atoms with Crippen molar-refractivity contribution in [2.45, 2.75) is 38.8 Å². The van der Waals surface area contributed by atoms with Crippen LogP contribution in [0.2, 0.25) is 0 Å². The van der Waals surface area contributed by atoms with Crippen LogP contribution < -0.4 is 5.32 Å². The predicted octanol–water partition coefficient (Wildman–Crippen LogP) is 4.26. The van der Waals surface area contributed by atoms with Crippen molar-refractivity contribution >= 4 is 16.9 Å². The van der Waals surface area contributed by atoms with Crippen LogP contribution >= 0.6 is 0 Å². The zero-order chi connectivity index (χ0) is 21.8. The molecule has 2 N–H and O–H groups in total. The number of benzene rings is 2. The number of nitrogens with zero attached hydrogens (tertiary/aromatic N) is 3. The van der Waals surface area contributed by atoms with Gasteiger partial charge in [0.05, 0.1) is 22.7 Å². The van der Waals surface area contributed by atoms with E-state index in [0.29, 0.717) is 30.6 Å². The number of halogens is 1. The second-order valence-electron chi connectivity index (χ2n) is 7.66. The lowest BCUT2D eigenvalue weighted by Crippen LogP contribution is -2.37. The molecule has 1 heterocycles. The van der Waals surface area contributed by atoms with Gasteiger partial charge < -0.3 is 15.2 Å². The van der Waals surface area contributed by atoms with Crippen molar-refractivity contribution in [3.05, 3.63) is 77.0 Å². The molecule has 7 heteroatoms. The summed E-state index contributed by atoms with van der Waals surface area (Å²) in [6.45, 7) is 3.06. The van der Waals surface area contributed by atoms with Gasteiger partial charge in [0.15, 0.2) is 5.82 Å². The van der Waals surface area contributed by atoms with Crippen molar-refractivity contribution in [1.82, 2.24) is 20.2 Å². The highest BCUT2D eigenvalue weighted by atomic mass is 19.1. The molecule has 6 nitrogen and oxygen atoms in total. The third-order valence-electron chi connectivity index (χ3n) is 5.56. The zero-order valence-corrected chi connectivity index (χ0v) is 17.4. The van der Waals surface area contributed by atoms with Crippen molar-refractivity contribution < 1.29 is 9.18 Å². The summed E-state index contributed by atoms with van der Waals surface area (Å²) in [5.41, 5.74) is 3.70. The SMILES string of the molecule is CCN(C(=O)c1nc2cc(C#N)ccc2[nH]1)C1=CCCC(NCc2cccc(F)c2)C1. The molecule has 0 fully saturated rings. The number of imidazole rings is 1. The van der Waals surface area contributed by atoms with Crippen LogP contribution in [0.3, 0.4) is 0 Å². The van der Waals surface area contributed by atoms with Gasteiger partial charge in [-0.15, -0.1) is 0 Å². The first-order valence-corrected chi connectivity index (χ1v) is 10.5. The highest BCUT2D eigenvalue weighted by Gasteiger charge is 2.25. The lowest BCUT2D eigenvalue weighted by Gasteiger charge is -2.30. The van der Waals surface area contributed by atoms with E-state index in [1.54, 1.807) is 29.2 Å². The quantitative estimate of drug-likeness (QED) is 0.628. The lowest BCUT2D eigenvalue weighted by molar-refractivity contribution is 0.0792. The highest BCUT2D eigenvalue weighted by molar-refractivity contribution is 5.95. The Morgan fingerprint density at radius 2 is 2.23 bits per heavy atom. The number of H-pyrrole nitrogens is 1. The minimum Gasteiger partial charge on any atom is -0.334 e. The molecule has 3 aromatic rings. The maximum atomic E-state index is 13.4. The summed E-state index contributed by atoms with van der Waals surface area (Å²) in [5.74, 6) is -0.157. The molecule has 2 aromatic carbocycles. The van der Waals surface area contributed by atoms with E-state index in [0.717, 1.165) is 29.6 Å². The Hall–Kier alpha value is -3.50. The summed E-state index contributed by atoms with van der Waals surface area (Å²) in [6.07, 6.45) is 4.66. The molecule has 158 valence electrons. The number of hydrogen-bond donors (Lipinski definition) is 2. The summed E-state index contributed by atoms with van der Waals surface area (Å²) in [6, 6.07) is 14.0. The Bertz CT molecular complexity index is 1180. The number of aromatic nitrogens is 2. The summed E-state index contributed by atoms with van der Waals surface area (Å²) < 4.78 is 13.4. The van der Waals surface area contributed by atoms with Gasteiger partial charge in [0, 0.05) is 31.2 Å². The number of rotatable bonds is 6. The van der Waals surface area contributed by atoms with E-state index in [1.807, 2.05) is 13.0 Å². The van der Waals surface area contributed by atoms with Crippen LogP contribution in [0.15, 0.2) is 54.2 Å². The molecule has 1 unspecified atom stereocenters. The van der Waals surface area contributed by atoms with Gasteiger partial charge in [-0.05, 0) is 55.7 Å². The number of nitriles is 1. The Morgan fingerprint density at radius 1 is 1.35 bits per heavy atom. The number of nitrogens with one attached hydrogen (secondary N) is 2. The van der Waals surface area contributed by atoms with Gasteiger partial charge in [-0.3, -0.25) is 4.79 Å². The van der Waals surface area contributed by atoms with E-state index in [-0.39, 0.29) is 23.6 Å². The van der Waals surface area contributed by atoms with Gasteiger partial charge in [-0.1, -0.05) is 18.2 Å². The molecule has 1 aliphatic carbocycles. The summed E-state index contributed by atoms with van der Waals surface area (Å²) in [5, 5.41) is 12.6. The van der Waals surface area contributed by atoms with E-state index in [4.69, 9.17) is 5.26 Å². The number of amides is 1. The second-order valence-corrected chi connectivity index (χ2v) is 7.66. The molecule has 0 radical (unpaired) electrons. The smallest absolute Gasteiger partial charge is 0.293 e. The van der Waals surface area contributed by atoms with Crippen LogP contribution in [0.25, 0.3) is 11.0 Å². The predicted molar refractivity (Wildman–Crippen MR) is 116 cm³/mol. The number of carbonyl (C=O) groups is 1. The van der Waals surface area contributed by atoms with Crippen molar-refractivity contribution in [3.63, 3.8) is 0 Å². The highest BCUT2D eigenvalue weighted by Crippen LogP contribution is 2.24. The Morgan fingerprint density at radius 3 is 3.00 bits per heavy atom. The maximum Gasteiger partial charge on any atom is 0.293 e. The number of allylic oxidation sites excluding steroid dienone is 1. The molecule has 1 aromatic heterocycles. The van der Waals surface area contributed by atoms with Crippen LogP contribution in [0.5, 0.6) is 0 Å². The van der Waals surface area contributed by atoms with Crippen LogP contribution in [-0.2, 0) is 6.54 Å². The molecule has 0 spiro atoms. The monoisotopic (exact) mass is 417 g/mol. The van der Waals surface area contributed by atoms with Gasteiger partial charge in [-0.2, -0.15) is 5.26 Å². The van der Waals surface area contributed by atoms with Crippen LogP contribution in [0.1, 0.15) is 47.9 Å². The second kappa shape index (κ2) is 9.11. The lowest BCUT2D eigenvalue weighted by atomic mass is 9.97. The molecule has 0 bridgehead atoms. The molecule has 1 aliphatic rings. The Kier molecular flexibility index (Phi) is 6.10. The fourth-order valence-corrected chi connectivity index (χ4v) is 3.97. The van der Waals surface area contributed by atoms with E-state index in [2.05, 4.69) is 27.4 Å². The average Bonchev–Trinajstić information content (AvgIpc) is 3.22. The van der Waals surface area contributed by atoms with Crippen LogP contribution in [-0.4, -0.2) is 33.4 Å². The Labute approximate surface area is 180 Å². The summed E-state index contributed by atoms with van der Waals surface area (Å²) >= 11 is 0. The van der Waals surface area contributed by atoms with Gasteiger partial charge in [0.1, 0.15) is 5.82 Å². The van der Waals surface area contributed by atoms with E-state index in [9.17, 15) is 9.18 Å². The molecule has 4 rings (SSSR count). The third-order valence-corrected chi connectivity index (χ3v) is 5.56. The first kappa shape index (κ1) is 20.8. The third kappa shape index (κ3) is 4.65. The van der Waals surface area contributed by atoms with Crippen molar-refractivity contribution in [2.75, 3.05) is 6.54 Å². The molecular weight excluding hydrogens is 393 g/mol. The Balaban J connectivity index is 1.46. The summed E-state index contributed by atoms with van der Waals surface area (Å²) in [4.78, 5) is 22.4. The standard InChI is InChI=1S/C24H24FN5O/c1-2-30(24(31)23-28-21-10-9-16(14-26)12-22(21)29-23)20-8-4-7-19(13-20)27-15-17-5-3-6-18(25)11-17/h3,5-6,8-12,19,27H,2,4,7,13,15H2,1H3,(H,28,29). The largest absolute Gasteiger partial charge is 0.334 e. The normalized spacial score (nSPS) is 16.0. The zero-order valence-electron chi connectivity index (χ0n) is 17.4. The van der Waals surface area contributed by atoms with Crippen molar-refractivity contribution in [2.24, 2.45) is 0 Å². The molecule has 0 saturated heterocycles. The number of fused-ring (bicyclic) bond motifs is 1. The molecule has 1 amide bonds. The minimum absolute atomic E-state index is 0.186. The molecule has 0 saturated carbocycles. The summed E-state index contributed by atoms with van der Waals surface area (Å²) in [7, 11) is 0. The van der Waals surface area contributed by atoms with Crippen LogP contribution in [0.4, 0.5) is 4.39 Å². The average molecular weight is 417 g/mol. The van der Waals surface area contributed by atoms with Crippen molar-refractivity contribution in [3.8, 4) is 6.07 Å². The first-order valence-electron chi connectivity index (χ1n) is 10.5. The van der Waals surface area contributed by atoms with E-state index < -0.39 is 0 Å². The first-order chi connectivity index (χ1) is 15.1. The molecule has 0 aliphatic heterocycles. The number of hydrogen-bond acceptors (Lipinski definition) is 4. The van der Waals surface area contributed by atoms with Crippen molar-refractivity contribution in [1.29, 1.82) is 5.26 Å². The minimum atomic E-state index is -0.237. The van der Waals surface area contributed by atoms with Crippen LogP contribution in [0, 0.1) is 17.1 Å². The molecule has 1 atom stereocenters. The van der Waals surface area contributed by atoms with Gasteiger partial charge >= 0.3 is 0 Å². The fraction of sp³-hybridized carbons (Fsp3) is 0.292. The topological polar surface area (TPSA) is 84.8 Å². The maximum absolute atomic E-state index is 13.4. The van der Waals surface area contributed by atoms with E-state index >= 15 is 0 Å². The number of carbonyl (C=O) groups excluding carboxylic acids is 1. The van der Waals surface area contributed by atoms with Gasteiger partial charge in [0.25, 0.3) is 5.91 Å². The molecule has 31 heavy (non-hydrogen) atoms. The fourth-order valence-electron chi connectivity index (χ4n) is 3.97. The van der Waals surface area contributed by atoms with Gasteiger partial charge in [0.2, 0.25) is 0 Å². The van der Waals surface area contributed by atoms with Gasteiger partial charge in [-0.25, -0.2) is 9.37 Å². The van der Waals surface area contributed by atoms with E-state index in [1.165, 1.54) is 12.1 Å². The molecular formula is C24H24FN5O. The number of aromatic amines is 1.